The summed E-state index contributed by atoms with van der Waals surface area (Å²) in [4.78, 5) is 2.64. The van der Waals surface area contributed by atoms with Gasteiger partial charge in [-0.05, 0) is 45.2 Å². The first-order chi connectivity index (χ1) is 9.98. The van der Waals surface area contributed by atoms with Crippen molar-refractivity contribution in [1.29, 1.82) is 0 Å². The highest BCUT2D eigenvalue weighted by Crippen LogP contribution is 2.44. The van der Waals surface area contributed by atoms with Gasteiger partial charge in [0.1, 0.15) is 17.1 Å². The van der Waals surface area contributed by atoms with E-state index in [4.69, 9.17) is 4.74 Å². The number of hydrogen-bond donors (Lipinski definition) is 1. The minimum atomic E-state index is -0.176. The second-order valence-electron chi connectivity index (χ2n) is 7.22. The maximum absolute atomic E-state index is 9.74. The minimum Gasteiger partial charge on any atom is -0.508 e. The molecule has 0 radical (unpaired) electrons. The lowest BCUT2D eigenvalue weighted by atomic mass is 9.86. The number of fused-ring (bicyclic) bond motifs is 1. The lowest BCUT2D eigenvalue weighted by Crippen LogP contribution is -2.44. The molecule has 0 bridgehead atoms. The predicted molar refractivity (Wildman–Crippen MR) is 84.8 cm³/mol. The van der Waals surface area contributed by atoms with Crippen molar-refractivity contribution in [2.45, 2.75) is 58.1 Å². The molecule has 1 aromatic rings. The molecule has 2 aliphatic heterocycles. The average molecular weight is 289 g/mol. The number of likely N-dealkylation sites (tertiary alicyclic amines) is 1. The number of rotatable bonds is 2. The van der Waals surface area contributed by atoms with Gasteiger partial charge in [-0.15, -0.1) is 0 Å². The summed E-state index contributed by atoms with van der Waals surface area (Å²) in [6.07, 6.45) is 4.94. The molecule has 1 saturated heterocycles. The molecule has 21 heavy (non-hydrogen) atoms. The maximum Gasteiger partial charge on any atom is 0.128 e. The van der Waals surface area contributed by atoms with E-state index in [-0.39, 0.29) is 11.4 Å². The zero-order chi connectivity index (χ0) is 15.0. The smallest absolute Gasteiger partial charge is 0.128 e. The number of phenols is 1. The topological polar surface area (TPSA) is 32.7 Å². The van der Waals surface area contributed by atoms with Crippen LogP contribution in [0.1, 0.15) is 58.1 Å². The fraction of sp³-hybridized carbons (Fsp3) is 0.667. The van der Waals surface area contributed by atoms with Crippen molar-refractivity contribution in [2.75, 3.05) is 13.1 Å². The van der Waals surface area contributed by atoms with Crippen LogP contribution in [0, 0.1) is 5.92 Å². The second-order valence-corrected chi connectivity index (χ2v) is 7.22. The van der Waals surface area contributed by atoms with Gasteiger partial charge in [-0.2, -0.15) is 0 Å². The third-order valence-electron chi connectivity index (χ3n) is 5.00. The molecule has 3 nitrogen and oxygen atoms in total. The molecule has 3 rings (SSSR count). The third-order valence-corrected chi connectivity index (χ3v) is 5.00. The lowest BCUT2D eigenvalue weighted by molar-refractivity contribution is 0.0148. The van der Waals surface area contributed by atoms with Crippen LogP contribution in [0.5, 0.6) is 11.5 Å². The van der Waals surface area contributed by atoms with E-state index in [2.05, 4.69) is 25.7 Å². The Morgan fingerprint density at radius 1 is 1.38 bits per heavy atom. The second kappa shape index (κ2) is 5.53. The van der Waals surface area contributed by atoms with Crippen molar-refractivity contribution in [2.24, 2.45) is 5.92 Å². The normalized spacial score (nSPS) is 28.7. The van der Waals surface area contributed by atoms with Crippen molar-refractivity contribution in [3.05, 3.63) is 23.8 Å². The monoisotopic (exact) mass is 289 g/mol. The van der Waals surface area contributed by atoms with E-state index in [1.54, 1.807) is 12.1 Å². The standard InChI is InChI=1S/C18H27NO2/c1-4-13-6-5-9-19(12-13)16-11-18(2,3)21-17-10-14(20)7-8-15(16)17/h7-8,10,13,16,20H,4-6,9,11-12H2,1-3H3. The fourth-order valence-corrected chi connectivity index (χ4v) is 3.84. The number of hydrogen-bond acceptors (Lipinski definition) is 3. The van der Waals surface area contributed by atoms with Gasteiger partial charge < -0.3 is 9.84 Å². The van der Waals surface area contributed by atoms with E-state index in [1.165, 1.54) is 37.9 Å². The van der Waals surface area contributed by atoms with E-state index in [0.29, 0.717) is 6.04 Å². The molecule has 1 fully saturated rings. The van der Waals surface area contributed by atoms with Crippen LogP contribution in [0.25, 0.3) is 0 Å². The Morgan fingerprint density at radius 2 is 2.19 bits per heavy atom. The summed E-state index contributed by atoms with van der Waals surface area (Å²) < 4.78 is 6.09. The van der Waals surface area contributed by atoms with Gasteiger partial charge in [-0.3, -0.25) is 4.90 Å². The lowest BCUT2D eigenvalue weighted by Gasteiger charge is -2.45. The minimum absolute atomic E-state index is 0.176. The molecule has 0 aliphatic carbocycles. The summed E-state index contributed by atoms with van der Waals surface area (Å²) in [6.45, 7) is 8.96. The van der Waals surface area contributed by atoms with Crippen LogP contribution in [0.15, 0.2) is 18.2 Å². The average Bonchev–Trinajstić information content (AvgIpc) is 2.45. The van der Waals surface area contributed by atoms with Gasteiger partial charge in [-0.1, -0.05) is 19.4 Å². The molecule has 3 heteroatoms. The van der Waals surface area contributed by atoms with Gasteiger partial charge in [0, 0.05) is 30.6 Å². The van der Waals surface area contributed by atoms with Gasteiger partial charge in [0.15, 0.2) is 0 Å². The fourth-order valence-electron chi connectivity index (χ4n) is 3.84. The predicted octanol–water partition coefficient (Wildman–Crippen LogP) is 4.12. The van der Waals surface area contributed by atoms with E-state index < -0.39 is 0 Å². The molecule has 2 heterocycles. The number of nitrogens with zero attached hydrogens (tertiary/aromatic N) is 1. The van der Waals surface area contributed by atoms with Crippen molar-refractivity contribution in [3.63, 3.8) is 0 Å². The SMILES string of the molecule is CCC1CCCN(C2CC(C)(C)Oc3cc(O)ccc32)C1. The molecule has 0 amide bonds. The molecular formula is C18H27NO2. The van der Waals surface area contributed by atoms with Gasteiger partial charge in [0.2, 0.25) is 0 Å². The molecule has 1 N–H and O–H groups in total. The molecule has 1 aromatic carbocycles. The molecule has 0 aromatic heterocycles. The van der Waals surface area contributed by atoms with E-state index in [9.17, 15) is 5.11 Å². The maximum atomic E-state index is 9.74. The third kappa shape index (κ3) is 3.03. The van der Waals surface area contributed by atoms with Crippen LogP contribution in [-0.2, 0) is 0 Å². The Bertz CT molecular complexity index is 512. The van der Waals surface area contributed by atoms with Crippen molar-refractivity contribution < 1.29 is 9.84 Å². The molecule has 116 valence electrons. The van der Waals surface area contributed by atoms with Crippen LogP contribution in [-0.4, -0.2) is 28.7 Å². The Balaban J connectivity index is 1.91. The summed E-state index contributed by atoms with van der Waals surface area (Å²) in [7, 11) is 0. The number of ether oxygens (including phenoxy) is 1. The first-order valence-electron chi connectivity index (χ1n) is 8.24. The highest BCUT2D eigenvalue weighted by Gasteiger charge is 2.38. The summed E-state index contributed by atoms with van der Waals surface area (Å²) in [5.41, 5.74) is 1.06. The number of aromatic hydroxyl groups is 1. The van der Waals surface area contributed by atoms with Crippen molar-refractivity contribution >= 4 is 0 Å². The molecular weight excluding hydrogens is 262 g/mol. The molecule has 2 atom stereocenters. The zero-order valence-electron chi connectivity index (χ0n) is 13.4. The quantitative estimate of drug-likeness (QED) is 0.889. The number of benzene rings is 1. The van der Waals surface area contributed by atoms with Crippen LogP contribution in [0.2, 0.25) is 0 Å². The van der Waals surface area contributed by atoms with Crippen LogP contribution in [0.3, 0.4) is 0 Å². The van der Waals surface area contributed by atoms with Crippen LogP contribution >= 0.6 is 0 Å². The number of piperidine rings is 1. The first-order valence-corrected chi connectivity index (χ1v) is 8.24. The molecule has 2 unspecified atom stereocenters. The first kappa shape index (κ1) is 14.7. The highest BCUT2D eigenvalue weighted by molar-refractivity contribution is 5.44. The van der Waals surface area contributed by atoms with E-state index >= 15 is 0 Å². The Labute approximate surface area is 127 Å². The van der Waals surface area contributed by atoms with Crippen molar-refractivity contribution in [3.8, 4) is 11.5 Å². The van der Waals surface area contributed by atoms with Gasteiger partial charge >= 0.3 is 0 Å². The van der Waals surface area contributed by atoms with Gasteiger partial charge in [0.05, 0.1) is 0 Å². The van der Waals surface area contributed by atoms with E-state index in [0.717, 1.165) is 18.1 Å². The highest BCUT2D eigenvalue weighted by atomic mass is 16.5. The summed E-state index contributed by atoms with van der Waals surface area (Å²) in [6, 6.07) is 6.01. The van der Waals surface area contributed by atoms with Crippen LogP contribution < -0.4 is 4.74 Å². The number of phenolic OH excluding ortho intramolecular Hbond substituents is 1. The molecule has 2 aliphatic rings. The summed E-state index contributed by atoms with van der Waals surface area (Å²) >= 11 is 0. The summed E-state index contributed by atoms with van der Waals surface area (Å²) in [5, 5.41) is 9.74. The zero-order valence-corrected chi connectivity index (χ0v) is 13.4. The Morgan fingerprint density at radius 3 is 2.95 bits per heavy atom. The van der Waals surface area contributed by atoms with Gasteiger partial charge in [0.25, 0.3) is 0 Å². The Hall–Kier alpha value is -1.22. The largest absolute Gasteiger partial charge is 0.508 e. The Kier molecular flexibility index (Phi) is 3.87. The van der Waals surface area contributed by atoms with Crippen LogP contribution in [0.4, 0.5) is 0 Å². The van der Waals surface area contributed by atoms with Gasteiger partial charge in [-0.25, -0.2) is 0 Å². The van der Waals surface area contributed by atoms with E-state index in [1.807, 2.05) is 6.07 Å². The molecule has 0 saturated carbocycles. The molecule has 0 spiro atoms. The van der Waals surface area contributed by atoms with Crippen molar-refractivity contribution in [1.82, 2.24) is 4.90 Å². The summed E-state index contributed by atoms with van der Waals surface area (Å²) in [5.74, 6) is 1.97.